The van der Waals surface area contributed by atoms with E-state index in [-0.39, 0.29) is 5.60 Å². The Morgan fingerprint density at radius 3 is 3.00 bits per heavy atom. The lowest BCUT2D eigenvalue weighted by atomic mass is 9.76. The van der Waals surface area contributed by atoms with Crippen LogP contribution >= 0.6 is 0 Å². The number of nitrogens with one attached hydrogen (secondary N) is 1. The van der Waals surface area contributed by atoms with E-state index in [1.165, 1.54) is 38.6 Å². The molecule has 3 aliphatic rings. The highest BCUT2D eigenvalue weighted by Gasteiger charge is 2.43. The van der Waals surface area contributed by atoms with Crippen LogP contribution in [0.3, 0.4) is 0 Å². The van der Waals surface area contributed by atoms with Crippen LogP contribution in [0.2, 0.25) is 0 Å². The van der Waals surface area contributed by atoms with Crippen molar-refractivity contribution in [2.24, 2.45) is 11.8 Å². The summed E-state index contributed by atoms with van der Waals surface area (Å²) < 4.78 is 11.6. The molecule has 0 saturated carbocycles. The molecule has 104 valence electrons. The molecule has 3 aliphatic heterocycles. The van der Waals surface area contributed by atoms with Gasteiger partial charge in [0.15, 0.2) is 0 Å². The first-order chi connectivity index (χ1) is 8.81. The first kappa shape index (κ1) is 12.9. The summed E-state index contributed by atoms with van der Waals surface area (Å²) in [5.41, 5.74) is 0.0732. The van der Waals surface area contributed by atoms with Crippen LogP contribution in [0.5, 0.6) is 0 Å². The van der Waals surface area contributed by atoms with Gasteiger partial charge in [0.2, 0.25) is 0 Å². The normalized spacial score (nSPS) is 45.5. The molecule has 3 heteroatoms. The average molecular weight is 253 g/mol. The van der Waals surface area contributed by atoms with Gasteiger partial charge < -0.3 is 14.8 Å². The second-order valence-electron chi connectivity index (χ2n) is 6.45. The van der Waals surface area contributed by atoms with Crippen molar-refractivity contribution in [1.29, 1.82) is 0 Å². The number of hydrogen-bond donors (Lipinski definition) is 1. The maximum Gasteiger partial charge on any atom is 0.0939 e. The van der Waals surface area contributed by atoms with Gasteiger partial charge in [-0.05, 0) is 44.1 Å². The molecule has 0 radical (unpaired) electrons. The molecule has 3 saturated heterocycles. The Hall–Kier alpha value is -0.120. The fraction of sp³-hybridized carbons (Fsp3) is 1.00. The van der Waals surface area contributed by atoms with Crippen LogP contribution in [0, 0.1) is 11.8 Å². The molecule has 1 spiro atoms. The van der Waals surface area contributed by atoms with E-state index >= 15 is 0 Å². The van der Waals surface area contributed by atoms with E-state index in [4.69, 9.17) is 9.47 Å². The van der Waals surface area contributed by atoms with Crippen LogP contribution in [0.15, 0.2) is 0 Å². The maximum atomic E-state index is 6.05. The van der Waals surface area contributed by atoms with E-state index in [0.717, 1.165) is 44.1 Å². The zero-order valence-electron chi connectivity index (χ0n) is 11.6. The molecular weight excluding hydrogens is 226 g/mol. The summed E-state index contributed by atoms with van der Waals surface area (Å²) in [5.74, 6) is 1.74. The molecular formula is C15H27NO2. The number of rotatable bonds is 2. The molecule has 0 aliphatic carbocycles. The summed E-state index contributed by atoms with van der Waals surface area (Å²) in [6, 6.07) is 0.727. The average Bonchev–Trinajstić information content (AvgIpc) is 2.87. The Labute approximate surface area is 111 Å². The van der Waals surface area contributed by atoms with Crippen LogP contribution < -0.4 is 5.32 Å². The maximum absolute atomic E-state index is 6.05. The van der Waals surface area contributed by atoms with Crippen LogP contribution in [-0.4, -0.2) is 38.0 Å². The Morgan fingerprint density at radius 1 is 1.28 bits per heavy atom. The molecule has 0 aromatic rings. The Bertz CT molecular complexity index is 276. The van der Waals surface area contributed by atoms with Crippen molar-refractivity contribution >= 4 is 0 Å². The molecule has 1 N–H and O–H groups in total. The smallest absolute Gasteiger partial charge is 0.0939 e. The van der Waals surface area contributed by atoms with Gasteiger partial charge in [0, 0.05) is 25.7 Å². The lowest BCUT2D eigenvalue weighted by Gasteiger charge is -2.43. The molecule has 3 rings (SSSR count). The van der Waals surface area contributed by atoms with Gasteiger partial charge >= 0.3 is 0 Å². The zero-order chi connectivity index (χ0) is 12.4. The van der Waals surface area contributed by atoms with Crippen molar-refractivity contribution in [2.45, 2.75) is 57.1 Å². The highest BCUT2D eigenvalue weighted by Crippen LogP contribution is 2.39. The Balaban J connectivity index is 1.61. The molecule has 3 heterocycles. The number of ether oxygens (including phenoxy) is 2. The van der Waals surface area contributed by atoms with Crippen molar-refractivity contribution in [3.05, 3.63) is 0 Å². The molecule has 3 fully saturated rings. The van der Waals surface area contributed by atoms with Gasteiger partial charge in [-0.3, -0.25) is 0 Å². The lowest BCUT2D eigenvalue weighted by molar-refractivity contribution is -0.105. The summed E-state index contributed by atoms with van der Waals surface area (Å²) in [6.45, 7) is 6.20. The second kappa shape index (κ2) is 5.48. The van der Waals surface area contributed by atoms with Crippen LogP contribution in [0.1, 0.15) is 45.4 Å². The summed E-state index contributed by atoms with van der Waals surface area (Å²) in [7, 11) is 0. The predicted molar refractivity (Wildman–Crippen MR) is 71.6 cm³/mol. The first-order valence-corrected chi connectivity index (χ1v) is 7.76. The van der Waals surface area contributed by atoms with Gasteiger partial charge in [-0.1, -0.05) is 13.3 Å². The van der Waals surface area contributed by atoms with E-state index in [1.807, 2.05) is 0 Å². The fourth-order valence-electron chi connectivity index (χ4n) is 4.04. The third-order valence-electron chi connectivity index (χ3n) is 5.29. The van der Waals surface area contributed by atoms with Gasteiger partial charge in [0.05, 0.1) is 12.2 Å². The molecule has 18 heavy (non-hydrogen) atoms. The first-order valence-electron chi connectivity index (χ1n) is 7.76. The summed E-state index contributed by atoms with van der Waals surface area (Å²) in [4.78, 5) is 0. The Morgan fingerprint density at radius 2 is 2.22 bits per heavy atom. The van der Waals surface area contributed by atoms with Crippen LogP contribution in [0.4, 0.5) is 0 Å². The van der Waals surface area contributed by atoms with Gasteiger partial charge in [0.25, 0.3) is 0 Å². The number of piperidine rings is 1. The van der Waals surface area contributed by atoms with Crippen LogP contribution in [-0.2, 0) is 9.47 Å². The summed E-state index contributed by atoms with van der Waals surface area (Å²) >= 11 is 0. The Kier molecular flexibility index (Phi) is 3.92. The molecule has 3 nitrogen and oxygen atoms in total. The van der Waals surface area contributed by atoms with E-state index in [1.54, 1.807) is 0 Å². The zero-order valence-corrected chi connectivity index (χ0v) is 11.6. The SMILES string of the molecule is CCC1CCNC(C2CCOC3(CCOC3)C2)C1. The molecule has 4 unspecified atom stereocenters. The van der Waals surface area contributed by atoms with E-state index in [9.17, 15) is 0 Å². The standard InChI is InChI=1S/C15H27NO2/c1-2-12-3-6-16-14(9-12)13-4-7-18-15(10-13)5-8-17-11-15/h12-14,16H,2-11H2,1H3. The quantitative estimate of drug-likeness (QED) is 0.819. The largest absolute Gasteiger partial charge is 0.378 e. The van der Waals surface area contributed by atoms with Crippen molar-refractivity contribution < 1.29 is 9.47 Å². The second-order valence-corrected chi connectivity index (χ2v) is 6.45. The van der Waals surface area contributed by atoms with Crippen molar-refractivity contribution in [3.8, 4) is 0 Å². The van der Waals surface area contributed by atoms with Crippen LogP contribution in [0.25, 0.3) is 0 Å². The molecule has 0 bridgehead atoms. The topological polar surface area (TPSA) is 30.5 Å². The van der Waals surface area contributed by atoms with Crippen molar-refractivity contribution in [3.63, 3.8) is 0 Å². The fourth-order valence-corrected chi connectivity index (χ4v) is 4.04. The number of hydrogen-bond acceptors (Lipinski definition) is 3. The third-order valence-corrected chi connectivity index (χ3v) is 5.29. The third kappa shape index (κ3) is 2.59. The van der Waals surface area contributed by atoms with E-state index < -0.39 is 0 Å². The predicted octanol–water partition coefficient (Wildman–Crippen LogP) is 2.35. The monoisotopic (exact) mass is 253 g/mol. The van der Waals surface area contributed by atoms with Gasteiger partial charge in [-0.2, -0.15) is 0 Å². The molecule has 4 atom stereocenters. The van der Waals surface area contributed by atoms with Crippen molar-refractivity contribution in [1.82, 2.24) is 5.32 Å². The van der Waals surface area contributed by atoms with Gasteiger partial charge in [0.1, 0.15) is 0 Å². The lowest BCUT2D eigenvalue weighted by Crippen LogP contribution is -2.49. The highest BCUT2D eigenvalue weighted by molar-refractivity contribution is 4.95. The minimum Gasteiger partial charge on any atom is -0.378 e. The molecule has 0 amide bonds. The van der Waals surface area contributed by atoms with Gasteiger partial charge in [-0.15, -0.1) is 0 Å². The van der Waals surface area contributed by atoms with Crippen molar-refractivity contribution in [2.75, 3.05) is 26.4 Å². The summed E-state index contributed by atoms with van der Waals surface area (Å²) in [5, 5.41) is 3.76. The minimum atomic E-state index is 0.0732. The van der Waals surface area contributed by atoms with Gasteiger partial charge in [-0.25, -0.2) is 0 Å². The van der Waals surface area contributed by atoms with E-state index in [2.05, 4.69) is 12.2 Å². The van der Waals surface area contributed by atoms with E-state index in [0.29, 0.717) is 0 Å². The molecule has 0 aromatic heterocycles. The highest BCUT2D eigenvalue weighted by atomic mass is 16.6. The summed E-state index contributed by atoms with van der Waals surface area (Å²) in [6.07, 6.45) is 7.63. The molecule has 0 aromatic carbocycles. The minimum absolute atomic E-state index is 0.0732.